The number of likely N-dealkylation sites (tertiary alicyclic amines) is 1. The van der Waals surface area contributed by atoms with Gasteiger partial charge in [0.15, 0.2) is 0 Å². The maximum Gasteiger partial charge on any atom is 0.416 e. The van der Waals surface area contributed by atoms with E-state index in [1.165, 1.54) is 17.7 Å². The van der Waals surface area contributed by atoms with Gasteiger partial charge in [-0.2, -0.15) is 13.2 Å². The Bertz CT molecular complexity index is 858. The van der Waals surface area contributed by atoms with Crippen LogP contribution in [0.5, 0.6) is 0 Å². The molecule has 4 rings (SSSR count). The van der Waals surface area contributed by atoms with Crippen molar-refractivity contribution in [1.29, 1.82) is 0 Å². The highest BCUT2D eigenvalue weighted by Crippen LogP contribution is 2.49. The largest absolute Gasteiger partial charge is 0.416 e. The lowest BCUT2D eigenvalue weighted by Crippen LogP contribution is -2.45. The Morgan fingerprint density at radius 3 is 2.36 bits per heavy atom. The maximum absolute atomic E-state index is 13.0. The third-order valence-electron chi connectivity index (χ3n) is 5.96. The van der Waals surface area contributed by atoms with Crippen LogP contribution < -0.4 is 0 Å². The second-order valence-electron chi connectivity index (χ2n) is 7.79. The van der Waals surface area contributed by atoms with Crippen LogP contribution in [-0.4, -0.2) is 29.0 Å². The molecule has 2 aromatic carbocycles. The minimum absolute atomic E-state index is 0.0258. The topological polar surface area (TPSA) is 40.5 Å². The molecule has 3 nitrogen and oxygen atoms in total. The average molecular weight is 389 g/mol. The number of piperidine rings is 1. The molecule has 2 fully saturated rings. The maximum atomic E-state index is 13.0. The molecule has 0 spiro atoms. The van der Waals surface area contributed by atoms with E-state index in [1.54, 1.807) is 4.90 Å². The summed E-state index contributed by atoms with van der Waals surface area (Å²) in [7, 11) is 0. The van der Waals surface area contributed by atoms with Crippen LogP contribution in [0.25, 0.3) is 0 Å². The second kappa shape index (κ2) is 6.92. The summed E-state index contributed by atoms with van der Waals surface area (Å²) in [5.41, 5.74) is -0.664. The third kappa shape index (κ3) is 3.65. The number of carbonyl (C=O) groups excluding carboxylic acids is 1. The molecule has 1 heterocycles. The first kappa shape index (κ1) is 19.0. The summed E-state index contributed by atoms with van der Waals surface area (Å²) in [6.07, 6.45) is -3.13. The van der Waals surface area contributed by atoms with E-state index in [2.05, 4.69) is 0 Å². The lowest BCUT2D eigenvalue weighted by atomic mass is 9.83. The van der Waals surface area contributed by atoms with Gasteiger partial charge in [0.2, 0.25) is 5.91 Å². The summed E-state index contributed by atoms with van der Waals surface area (Å²) < 4.78 is 38.9. The van der Waals surface area contributed by atoms with Gasteiger partial charge in [-0.05, 0) is 48.4 Å². The quantitative estimate of drug-likeness (QED) is 0.849. The molecule has 1 N–H and O–H groups in total. The molecular weight excluding hydrogens is 367 g/mol. The summed E-state index contributed by atoms with van der Waals surface area (Å²) in [5, 5.41) is 10.9. The fourth-order valence-electron chi connectivity index (χ4n) is 4.14. The SMILES string of the molecule is O=C([C@@H]1C[C@H]1c1ccccc1)N1CCC(O)(c2cccc(C(F)(F)F)c2)CC1. The number of carbonyl (C=O) groups is 1. The third-order valence-corrected chi connectivity index (χ3v) is 5.96. The molecule has 148 valence electrons. The Kier molecular flexibility index (Phi) is 4.70. The zero-order valence-electron chi connectivity index (χ0n) is 15.3. The first-order valence-electron chi connectivity index (χ1n) is 9.52. The minimum Gasteiger partial charge on any atom is -0.385 e. The van der Waals surface area contributed by atoms with Crippen molar-refractivity contribution in [2.45, 2.75) is 37.0 Å². The number of hydrogen-bond donors (Lipinski definition) is 1. The molecular formula is C22H22F3NO2. The number of aliphatic hydroxyl groups is 1. The van der Waals surface area contributed by atoms with Crippen molar-refractivity contribution in [3.63, 3.8) is 0 Å². The molecule has 1 saturated carbocycles. The highest BCUT2D eigenvalue weighted by Gasteiger charge is 2.47. The van der Waals surface area contributed by atoms with Crippen molar-refractivity contribution in [3.05, 3.63) is 71.3 Å². The van der Waals surface area contributed by atoms with E-state index < -0.39 is 17.3 Å². The Hall–Kier alpha value is -2.34. The highest BCUT2D eigenvalue weighted by molar-refractivity contribution is 5.83. The van der Waals surface area contributed by atoms with Crippen LogP contribution in [0.1, 0.15) is 41.9 Å². The van der Waals surface area contributed by atoms with Crippen LogP contribution >= 0.6 is 0 Å². The number of amides is 1. The molecule has 2 atom stereocenters. The van der Waals surface area contributed by atoms with Gasteiger partial charge in [-0.25, -0.2) is 0 Å². The van der Waals surface area contributed by atoms with Gasteiger partial charge in [-0.15, -0.1) is 0 Å². The molecule has 1 amide bonds. The predicted molar refractivity (Wildman–Crippen MR) is 98.4 cm³/mol. The van der Waals surface area contributed by atoms with Crippen molar-refractivity contribution in [2.75, 3.05) is 13.1 Å². The summed E-state index contributed by atoms with van der Waals surface area (Å²) in [4.78, 5) is 14.5. The monoisotopic (exact) mass is 389 g/mol. The zero-order valence-corrected chi connectivity index (χ0v) is 15.3. The molecule has 0 radical (unpaired) electrons. The molecule has 2 aliphatic rings. The van der Waals surface area contributed by atoms with Crippen LogP contribution in [0.3, 0.4) is 0 Å². The molecule has 2 aromatic rings. The van der Waals surface area contributed by atoms with Crippen molar-refractivity contribution >= 4 is 5.91 Å². The van der Waals surface area contributed by atoms with Crippen LogP contribution in [0, 0.1) is 5.92 Å². The number of hydrogen-bond acceptors (Lipinski definition) is 2. The van der Waals surface area contributed by atoms with Gasteiger partial charge in [-0.1, -0.05) is 42.5 Å². The molecule has 0 bridgehead atoms. The van der Waals surface area contributed by atoms with Crippen LogP contribution in [0.2, 0.25) is 0 Å². The first-order chi connectivity index (χ1) is 13.3. The fourth-order valence-corrected chi connectivity index (χ4v) is 4.14. The van der Waals surface area contributed by atoms with Crippen molar-refractivity contribution in [2.24, 2.45) is 5.92 Å². The zero-order chi connectivity index (χ0) is 19.9. The number of halogens is 3. The highest BCUT2D eigenvalue weighted by atomic mass is 19.4. The van der Waals surface area contributed by atoms with E-state index in [1.807, 2.05) is 30.3 Å². The minimum atomic E-state index is -4.44. The summed E-state index contributed by atoms with van der Waals surface area (Å²) in [6.45, 7) is 0.702. The predicted octanol–water partition coefficient (Wildman–Crippen LogP) is 4.32. The molecule has 6 heteroatoms. The Balaban J connectivity index is 1.40. The van der Waals surface area contributed by atoms with Gasteiger partial charge in [0.25, 0.3) is 0 Å². The van der Waals surface area contributed by atoms with Gasteiger partial charge in [0.1, 0.15) is 0 Å². The molecule has 0 aromatic heterocycles. The van der Waals surface area contributed by atoms with E-state index in [9.17, 15) is 23.1 Å². The standard InChI is InChI=1S/C22H22F3NO2/c23-22(24,25)17-8-4-7-16(13-17)21(28)9-11-26(12-10-21)20(27)19-14-18(19)15-5-2-1-3-6-15/h1-8,13,18-19,28H,9-12,14H2/t18-,19+/m0/s1. The van der Waals surface area contributed by atoms with Gasteiger partial charge < -0.3 is 10.0 Å². The van der Waals surface area contributed by atoms with Gasteiger partial charge in [0.05, 0.1) is 11.2 Å². The van der Waals surface area contributed by atoms with Crippen LogP contribution in [-0.2, 0) is 16.6 Å². The average Bonchev–Trinajstić information content (AvgIpc) is 3.49. The Labute approximate surface area is 161 Å². The van der Waals surface area contributed by atoms with Crippen molar-refractivity contribution < 1.29 is 23.1 Å². The smallest absolute Gasteiger partial charge is 0.385 e. The first-order valence-corrected chi connectivity index (χ1v) is 9.52. The molecule has 1 aliphatic heterocycles. The number of nitrogens with zero attached hydrogens (tertiary/aromatic N) is 1. The van der Waals surface area contributed by atoms with Crippen LogP contribution in [0.15, 0.2) is 54.6 Å². The van der Waals surface area contributed by atoms with Crippen molar-refractivity contribution in [3.8, 4) is 0 Å². The van der Waals surface area contributed by atoms with Gasteiger partial charge in [-0.3, -0.25) is 4.79 Å². The van der Waals surface area contributed by atoms with E-state index in [0.29, 0.717) is 13.1 Å². The summed E-state index contributed by atoms with van der Waals surface area (Å²) in [5.74, 6) is 0.306. The Morgan fingerprint density at radius 2 is 1.71 bits per heavy atom. The lowest BCUT2D eigenvalue weighted by Gasteiger charge is -2.39. The fraction of sp³-hybridized carbons (Fsp3) is 0.409. The van der Waals surface area contributed by atoms with Crippen LogP contribution in [0.4, 0.5) is 13.2 Å². The van der Waals surface area contributed by atoms with Crippen molar-refractivity contribution in [1.82, 2.24) is 4.90 Å². The Morgan fingerprint density at radius 1 is 1.04 bits per heavy atom. The van der Waals surface area contributed by atoms with Gasteiger partial charge in [0, 0.05) is 19.0 Å². The number of alkyl halides is 3. The number of benzene rings is 2. The summed E-state index contributed by atoms with van der Waals surface area (Å²) >= 11 is 0. The number of rotatable bonds is 3. The molecule has 1 aliphatic carbocycles. The molecule has 28 heavy (non-hydrogen) atoms. The normalized spacial score (nSPS) is 24.1. The molecule has 0 unspecified atom stereocenters. The van der Waals surface area contributed by atoms with E-state index in [-0.39, 0.29) is 36.1 Å². The van der Waals surface area contributed by atoms with E-state index >= 15 is 0 Å². The summed E-state index contributed by atoms with van der Waals surface area (Å²) in [6, 6.07) is 14.8. The lowest BCUT2D eigenvalue weighted by molar-refractivity contribution is -0.138. The van der Waals surface area contributed by atoms with E-state index in [0.717, 1.165) is 18.6 Å². The molecule has 1 saturated heterocycles. The second-order valence-corrected chi connectivity index (χ2v) is 7.79. The van der Waals surface area contributed by atoms with E-state index in [4.69, 9.17) is 0 Å². The van der Waals surface area contributed by atoms with Gasteiger partial charge >= 0.3 is 6.18 Å².